The van der Waals surface area contributed by atoms with Crippen LogP contribution >= 0.6 is 0 Å². The molecule has 1 aromatic carbocycles. The molecule has 0 fully saturated rings. The molecule has 6 heteroatoms. The smallest absolute Gasteiger partial charge is 0.408 e. The van der Waals surface area contributed by atoms with Crippen molar-refractivity contribution >= 4 is 17.0 Å². The number of carbonyl (C=O) groups is 1. The molecule has 2 N–H and O–H groups in total. The molecule has 2 rings (SSSR count). The number of aliphatic hydroxyl groups is 1. The fourth-order valence-electron chi connectivity index (χ4n) is 2.07. The first-order valence-electron chi connectivity index (χ1n) is 6.43. The highest BCUT2D eigenvalue weighted by molar-refractivity contribution is 5.79. The minimum atomic E-state index is -0.554. The van der Waals surface area contributed by atoms with Crippen LogP contribution < -0.4 is 11.1 Å². The fourth-order valence-corrected chi connectivity index (χ4v) is 2.07. The van der Waals surface area contributed by atoms with Crippen molar-refractivity contribution in [2.75, 3.05) is 6.61 Å². The van der Waals surface area contributed by atoms with E-state index in [-0.39, 0.29) is 19.1 Å². The Morgan fingerprint density at radius 1 is 1.40 bits per heavy atom. The van der Waals surface area contributed by atoms with E-state index >= 15 is 0 Å². The summed E-state index contributed by atoms with van der Waals surface area (Å²) in [5, 5.41) is 11.7. The lowest BCUT2D eigenvalue weighted by atomic mass is 10.0. The molecule has 0 atom stereocenters. The van der Waals surface area contributed by atoms with Gasteiger partial charge in [-0.2, -0.15) is 0 Å². The van der Waals surface area contributed by atoms with Crippen molar-refractivity contribution in [1.29, 1.82) is 0 Å². The summed E-state index contributed by atoms with van der Waals surface area (Å²) in [6.07, 6.45) is 0.444. The second kappa shape index (κ2) is 5.50. The molecule has 0 spiro atoms. The summed E-state index contributed by atoms with van der Waals surface area (Å²) in [6, 6.07) is 6.95. The lowest BCUT2D eigenvalue weighted by Crippen LogP contribution is -2.46. The van der Waals surface area contributed by atoms with Gasteiger partial charge in [0, 0.05) is 12.1 Å². The zero-order chi connectivity index (χ0) is 14.8. The zero-order valence-corrected chi connectivity index (χ0v) is 11.5. The van der Waals surface area contributed by atoms with E-state index in [2.05, 4.69) is 5.32 Å². The minimum Gasteiger partial charge on any atom is -0.408 e. The van der Waals surface area contributed by atoms with Gasteiger partial charge in [-0.15, -0.1) is 0 Å². The Hall–Kier alpha value is -2.08. The average molecular weight is 278 g/mol. The van der Waals surface area contributed by atoms with Crippen LogP contribution in [0.25, 0.3) is 11.1 Å². The number of benzene rings is 1. The normalized spacial score (nSPS) is 11.8. The Labute approximate surface area is 116 Å². The van der Waals surface area contributed by atoms with Crippen molar-refractivity contribution in [3.63, 3.8) is 0 Å². The third-order valence-electron chi connectivity index (χ3n) is 3.09. The molecule has 0 aliphatic heterocycles. The number of oxazole rings is 1. The van der Waals surface area contributed by atoms with Crippen LogP contribution in [0.5, 0.6) is 0 Å². The maximum atomic E-state index is 12.0. The molecule has 2 aromatic rings. The van der Waals surface area contributed by atoms with Gasteiger partial charge in [0.05, 0.1) is 5.52 Å². The molecule has 1 aromatic heterocycles. The van der Waals surface area contributed by atoms with Crippen molar-refractivity contribution in [2.45, 2.75) is 32.4 Å². The van der Waals surface area contributed by atoms with Gasteiger partial charge >= 0.3 is 5.76 Å². The van der Waals surface area contributed by atoms with Crippen LogP contribution in [-0.2, 0) is 11.3 Å². The summed E-state index contributed by atoms with van der Waals surface area (Å²) in [4.78, 5) is 23.7. The van der Waals surface area contributed by atoms with E-state index in [1.807, 2.05) is 13.8 Å². The van der Waals surface area contributed by atoms with Gasteiger partial charge in [0.15, 0.2) is 5.58 Å². The molecule has 0 bridgehead atoms. The van der Waals surface area contributed by atoms with Crippen molar-refractivity contribution in [3.8, 4) is 0 Å². The quantitative estimate of drug-likeness (QED) is 0.850. The molecule has 0 aliphatic carbocycles. The van der Waals surface area contributed by atoms with Gasteiger partial charge < -0.3 is 14.8 Å². The fraction of sp³-hybridized carbons (Fsp3) is 0.429. The molecule has 0 saturated heterocycles. The van der Waals surface area contributed by atoms with E-state index in [1.165, 1.54) is 4.57 Å². The molecule has 1 amide bonds. The summed E-state index contributed by atoms with van der Waals surface area (Å²) in [5.41, 5.74) is 0.530. The van der Waals surface area contributed by atoms with Crippen molar-refractivity contribution in [3.05, 3.63) is 34.8 Å². The number of fused-ring (bicyclic) bond motifs is 1. The summed E-state index contributed by atoms with van der Waals surface area (Å²) in [5.74, 6) is -0.849. The third-order valence-corrected chi connectivity index (χ3v) is 3.09. The van der Waals surface area contributed by atoms with Crippen LogP contribution in [0.1, 0.15) is 20.3 Å². The number of hydrogen-bond acceptors (Lipinski definition) is 4. The van der Waals surface area contributed by atoms with Crippen molar-refractivity contribution in [1.82, 2.24) is 9.88 Å². The SMILES string of the molecule is CC(C)(CCO)NC(=O)Cn1c(=O)oc2ccccc21. The van der Waals surface area contributed by atoms with Gasteiger partial charge in [0.25, 0.3) is 0 Å². The molecule has 1 heterocycles. The van der Waals surface area contributed by atoms with Gasteiger partial charge in [-0.3, -0.25) is 9.36 Å². The van der Waals surface area contributed by atoms with Crippen LogP contribution in [0.4, 0.5) is 0 Å². The number of para-hydroxylation sites is 2. The minimum absolute atomic E-state index is 0.0120. The first-order chi connectivity index (χ1) is 9.43. The number of nitrogens with zero attached hydrogens (tertiary/aromatic N) is 1. The predicted molar refractivity (Wildman–Crippen MR) is 74.4 cm³/mol. The summed E-state index contributed by atoms with van der Waals surface area (Å²) >= 11 is 0. The Balaban J connectivity index is 2.18. The number of aliphatic hydroxyl groups excluding tert-OH is 1. The maximum absolute atomic E-state index is 12.0. The number of hydrogen-bond donors (Lipinski definition) is 2. The van der Waals surface area contributed by atoms with Crippen molar-refractivity contribution < 1.29 is 14.3 Å². The summed E-state index contributed by atoms with van der Waals surface area (Å²) < 4.78 is 6.36. The molecule has 0 radical (unpaired) electrons. The average Bonchev–Trinajstić information content (AvgIpc) is 2.65. The molecule has 6 nitrogen and oxygen atoms in total. The number of aromatic nitrogens is 1. The third kappa shape index (κ3) is 3.08. The van der Waals surface area contributed by atoms with Crippen LogP contribution in [0.2, 0.25) is 0 Å². The zero-order valence-electron chi connectivity index (χ0n) is 11.5. The van der Waals surface area contributed by atoms with Gasteiger partial charge in [-0.1, -0.05) is 12.1 Å². The molecule has 0 saturated carbocycles. The first kappa shape index (κ1) is 14.3. The second-order valence-electron chi connectivity index (χ2n) is 5.33. The summed E-state index contributed by atoms with van der Waals surface area (Å²) in [6.45, 7) is 3.52. The number of amides is 1. The van der Waals surface area contributed by atoms with E-state index in [1.54, 1.807) is 24.3 Å². The lowest BCUT2D eigenvalue weighted by Gasteiger charge is -2.25. The number of rotatable bonds is 5. The van der Waals surface area contributed by atoms with Gasteiger partial charge in [-0.25, -0.2) is 4.79 Å². The van der Waals surface area contributed by atoms with Crippen LogP contribution in [0, 0.1) is 0 Å². The van der Waals surface area contributed by atoms with E-state index in [4.69, 9.17) is 9.52 Å². The van der Waals surface area contributed by atoms with Crippen molar-refractivity contribution in [2.24, 2.45) is 0 Å². The van der Waals surface area contributed by atoms with Gasteiger partial charge in [-0.05, 0) is 32.4 Å². The Morgan fingerprint density at radius 3 is 2.80 bits per heavy atom. The monoisotopic (exact) mass is 278 g/mol. The first-order valence-corrected chi connectivity index (χ1v) is 6.43. The van der Waals surface area contributed by atoms with E-state index in [0.717, 1.165) is 0 Å². The standard InChI is InChI=1S/C14H18N2O4/c1-14(2,7-8-17)15-12(18)9-16-10-5-3-4-6-11(10)20-13(16)19/h3-6,17H,7-9H2,1-2H3,(H,15,18). The molecular weight excluding hydrogens is 260 g/mol. The van der Waals surface area contributed by atoms with Crippen LogP contribution in [-0.4, -0.2) is 27.7 Å². The topological polar surface area (TPSA) is 84.5 Å². The molecule has 20 heavy (non-hydrogen) atoms. The molecular formula is C14H18N2O4. The molecule has 0 unspecified atom stereocenters. The van der Waals surface area contributed by atoms with E-state index in [9.17, 15) is 9.59 Å². The second-order valence-corrected chi connectivity index (χ2v) is 5.33. The lowest BCUT2D eigenvalue weighted by molar-refractivity contribution is -0.123. The molecule has 108 valence electrons. The Morgan fingerprint density at radius 2 is 2.10 bits per heavy atom. The number of carbonyl (C=O) groups excluding carboxylic acids is 1. The van der Waals surface area contributed by atoms with Crippen LogP contribution in [0.3, 0.4) is 0 Å². The van der Waals surface area contributed by atoms with E-state index < -0.39 is 11.3 Å². The maximum Gasteiger partial charge on any atom is 0.420 e. The largest absolute Gasteiger partial charge is 0.420 e. The highest BCUT2D eigenvalue weighted by atomic mass is 16.4. The Kier molecular flexibility index (Phi) is 3.94. The van der Waals surface area contributed by atoms with Gasteiger partial charge in [0.1, 0.15) is 6.54 Å². The number of nitrogens with one attached hydrogen (secondary N) is 1. The highest BCUT2D eigenvalue weighted by Gasteiger charge is 2.21. The van der Waals surface area contributed by atoms with Crippen LogP contribution in [0.15, 0.2) is 33.5 Å². The van der Waals surface area contributed by atoms with Gasteiger partial charge in [0.2, 0.25) is 5.91 Å². The summed E-state index contributed by atoms with van der Waals surface area (Å²) in [7, 11) is 0. The van der Waals surface area contributed by atoms with E-state index in [0.29, 0.717) is 17.5 Å². The highest BCUT2D eigenvalue weighted by Crippen LogP contribution is 2.12. The molecule has 0 aliphatic rings. The predicted octanol–water partition coefficient (Wildman–Crippen LogP) is 0.872. The Bertz CT molecular complexity index is 669.